The molecule has 0 spiro atoms. The van der Waals surface area contributed by atoms with Crippen LogP contribution in [0.3, 0.4) is 0 Å². The van der Waals surface area contributed by atoms with Crippen molar-refractivity contribution in [1.82, 2.24) is 0 Å². The Bertz CT molecular complexity index is 468. The van der Waals surface area contributed by atoms with Crippen LogP contribution in [0.15, 0.2) is 0 Å². The number of carbonyl (C=O) groups excluding carboxylic acids is 1. The lowest BCUT2D eigenvalue weighted by Gasteiger charge is -2.16. The van der Waals surface area contributed by atoms with Crippen molar-refractivity contribution >= 4 is 5.97 Å². The molecule has 234 valence electrons. The van der Waals surface area contributed by atoms with Crippen LogP contribution in [0.5, 0.6) is 0 Å². The first-order chi connectivity index (χ1) is 19.2. The van der Waals surface area contributed by atoms with Crippen LogP contribution in [0.1, 0.15) is 194 Å². The fourth-order valence-electron chi connectivity index (χ4n) is 5.95. The summed E-state index contributed by atoms with van der Waals surface area (Å²) in [5.74, 6) is 1.59. The van der Waals surface area contributed by atoms with Gasteiger partial charge in [-0.15, -0.1) is 0 Å². The van der Waals surface area contributed by atoms with Gasteiger partial charge in [-0.3, -0.25) is 4.79 Å². The van der Waals surface area contributed by atoms with Crippen molar-refractivity contribution in [3.05, 3.63) is 0 Å². The fraction of sp³-hybridized carbons (Fsp3) is 0.972. The monoisotopic (exact) mass is 553 g/mol. The summed E-state index contributed by atoms with van der Waals surface area (Å²) < 4.78 is 11.1. The van der Waals surface area contributed by atoms with E-state index >= 15 is 0 Å². The molecule has 3 nitrogen and oxygen atoms in total. The summed E-state index contributed by atoms with van der Waals surface area (Å²) >= 11 is 0. The lowest BCUT2D eigenvalue weighted by molar-refractivity contribution is -0.144. The van der Waals surface area contributed by atoms with Gasteiger partial charge >= 0.3 is 5.97 Å². The van der Waals surface area contributed by atoms with E-state index in [2.05, 4.69) is 20.8 Å². The molecule has 0 amide bonds. The van der Waals surface area contributed by atoms with Gasteiger partial charge in [0.2, 0.25) is 0 Å². The van der Waals surface area contributed by atoms with Crippen molar-refractivity contribution in [1.29, 1.82) is 0 Å². The van der Waals surface area contributed by atoms with E-state index in [1.807, 2.05) is 7.11 Å². The minimum absolute atomic E-state index is 0.0203. The van der Waals surface area contributed by atoms with Gasteiger partial charge in [0, 0.05) is 20.1 Å². The van der Waals surface area contributed by atoms with Crippen molar-refractivity contribution in [2.75, 3.05) is 20.3 Å². The van der Waals surface area contributed by atoms with Crippen molar-refractivity contribution in [3.63, 3.8) is 0 Å². The van der Waals surface area contributed by atoms with Crippen LogP contribution in [0.2, 0.25) is 0 Å². The first-order valence-electron chi connectivity index (χ1n) is 17.8. The van der Waals surface area contributed by atoms with Crippen LogP contribution in [-0.4, -0.2) is 26.3 Å². The molecule has 0 N–H and O–H groups in total. The molecule has 0 saturated carbocycles. The fourth-order valence-corrected chi connectivity index (χ4v) is 5.95. The van der Waals surface area contributed by atoms with Gasteiger partial charge in [-0.25, -0.2) is 0 Å². The van der Waals surface area contributed by atoms with Crippen LogP contribution < -0.4 is 0 Å². The van der Waals surface area contributed by atoms with Crippen molar-refractivity contribution in [3.8, 4) is 0 Å². The Balaban J connectivity index is 3.69. The molecule has 39 heavy (non-hydrogen) atoms. The summed E-state index contributed by atoms with van der Waals surface area (Å²) in [6.07, 6.45) is 34.8. The highest BCUT2D eigenvalue weighted by molar-refractivity contribution is 5.69. The zero-order valence-corrected chi connectivity index (χ0v) is 27.4. The van der Waals surface area contributed by atoms with E-state index < -0.39 is 0 Å². The summed E-state index contributed by atoms with van der Waals surface area (Å²) in [5.41, 5.74) is 0. The van der Waals surface area contributed by atoms with Crippen LogP contribution in [0, 0.1) is 11.8 Å². The smallest absolute Gasteiger partial charge is 0.305 e. The number of hydrogen-bond acceptors (Lipinski definition) is 3. The third-order valence-corrected chi connectivity index (χ3v) is 8.56. The Hall–Kier alpha value is -0.570. The Morgan fingerprint density at radius 3 is 1.38 bits per heavy atom. The molecule has 0 aromatic carbocycles. The molecule has 0 aromatic rings. The predicted octanol–water partition coefficient (Wildman–Crippen LogP) is 12.0. The largest absolute Gasteiger partial charge is 0.466 e. The van der Waals surface area contributed by atoms with Gasteiger partial charge in [-0.2, -0.15) is 0 Å². The van der Waals surface area contributed by atoms with Gasteiger partial charge in [0.1, 0.15) is 0 Å². The number of unbranched alkanes of at least 4 members (excludes halogenated alkanes) is 16. The van der Waals surface area contributed by atoms with Gasteiger partial charge in [0.05, 0.1) is 6.61 Å². The first-order valence-corrected chi connectivity index (χ1v) is 17.8. The Morgan fingerprint density at radius 2 is 0.872 bits per heavy atom. The summed E-state index contributed by atoms with van der Waals surface area (Å²) in [4.78, 5) is 12.1. The molecule has 0 heterocycles. The van der Waals surface area contributed by atoms with Gasteiger partial charge in [0.25, 0.3) is 0 Å². The maximum atomic E-state index is 12.1. The highest BCUT2D eigenvalue weighted by Crippen LogP contribution is 2.23. The number of hydrogen-bond donors (Lipinski definition) is 0. The van der Waals surface area contributed by atoms with E-state index in [1.165, 1.54) is 148 Å². The third kappa shape index (κ3) is 28.7. The van der Waals surface area contributed by atoms with E-state index in [0.717, 1.165) is 37.7 Å². The summed E-state index contributed by atoms with van der Waals surface area (Å²) in [5, 5.41) is 0. The Kier molecular flexibility index (Phi) is 31.5. The van der Waals surface area contributed by atoms with Crippen molar-refractivity contribution < 1.29 is 14.3 Å². The quantitative estimate of drug-likeness (QED) is 0.0615. The number of rotatable bonds is 32. The molecule has 0 aliphatic heterocycles. The Morgan fingerprint density at radius 1 is 0.487 bits per heavy atom. The molecule has 0 rings (SSSR count). The topological polar surface area (TPSA) is 35.5 Å². The number of esters is 1. The van der Waals surface area contributed by atoms with Crippen LogP contribution in [-0.2, 0) is 14.3 Å². The van der Waals surface area contributed by atoms with Gasteiger partial charge in [-0.05, 0) is 43.9 Å². The average molecular weight is 553 g/mol. The minimum atomic E-state index is 0.0203. The van der Waals surface area contributed by atoms with E-state index in [-0.39, 0.29) is 5.97 Å². The van der Waals surface area contributed by atoms with Gasteiger partial charge in [-0.1, -0.05) is 156 Å². The van der Waals surface area contributed by atoms with Gasteiger partial charge in [0.15, 0.2) is 0 Å². The Labute approximate surface area is 246 Å². The molecule has 0 bridgehead atoms. The number of methoxy groups -OCH3 is 1. The van der Waals surface area contributed by atoms with Crippen molar-refractivity contribution in [2.24, 2.45) is 11.8 Å². The highest BCUT2D eigenvalue weighted by atomic mass is 16.5. The maximum Gasteiger partial charge on any atom is 0.305 e. The molecule has 0 saturated heterocycles. The zero-order valence-electron chi connectivity index (χ0n) is 27.4. The standard InChI is InChI=1S/C36H72O3/c1-5-8-11-12-13-14-17-22-28-35(33-38-4)29-23-18-15-16-19-24-31-36(37)39-32-25-30-34(26-20-9-6-2)27-21-10-7-3/h34-35H,5-33H2,1-4H3. The van der Waals surface area contributed by atoms with E-state index in [0.29, 0.717) is 13.0 Å². The van der Waals surface area contributed by atoms with Crippen LogP contribution in [0.4, 0.5) is 0 Å². The zero-order chi connectivity index (χ0) is 28.7. The molecular formula is C36H72O3. The lowest BCUT2D eigenvalue weighted by atomic mass is 9.91. The summed E-state index contributed by atoms with van der Waals surface area (Å²) in [6.45, 7) is 8.40. The molecule has 1 unspecified atom stereocenters. The SMILES string of the molecule is CCCCCCCCCCC(CCCCCCCCC(=O)OCCCC(CCCCC)CCCCC)COC. The minimum Gasteiger partial charge on any atom is -0.466 e. The summed E-state index contributed by atoms with van der Waals surface area (Å²) in [6, 6.07) is 0. The molecule has 0 aliphatic carbocycles. The first kappa shape index (κ1) is 38.4. The molecule has 0 fully saturated rings. The molecule has 0 aliphatic rings. The molecule has 0 aromatic heterocycles. The highest BCUT2D eigenvalue weighted by Gasteiger charge is 2.10. The van der Waals surface area contributed by atoms with E-state index in [1.54, 1.807) is 0 Å². The predicted molar refractivity (Wildman–Crippen MR) is 171 cm³/mol. The summed E-state index contributed by atoms with van der Waals surface area (Å²) in [7, 11) is 1.85. The van der Waals surface area contributed by atoms with Crippen LogP contribution >= 0.6 is 0 Å². The van der Waals surface area contributed by atoms with Crippen LogP contribution in [0.25, 0.3) is 0 Å². The van der Waals surface area contributed by atoms with E-state index in [4.69, 9.17) is 9.47 Å². The second kappa shape index (κ2) is 32.0. The number of carbonyl (C=O) groups is 1. The van der Waals surface area contributed by atoms with Gasteiger partial charge < -0.3 is 9.47 Å². The normalized spacial score (nSPS) is 12.3. The molecule has 3 heteroatoms. The molecule has 1 atom stereocenters. The average Bonchev–Trinajstić information content (AvgIpc) is 2.93. The van der Waals surface area contributed by atoms with E-state index in [9.17, 15) is 4.79 Å². The second-order valence-electron chi connectivity index (χ2n) is 12.5. The van der Waals surface area contributed by atoms with Crippen molar-refractivity contribution in [2.45, 2.75) is 194 Å². The molecule has 0 radical (unpaired) electrons. The number of ether oxygens (including phenoxy) is 2. The second-order valence-corrected chi connectivity index (χ2v) is 12.5. The molecular weight excluding hydrogens is 480 g/mol. The third-order valence-electron chi connectivity index (χ3n) is 8.56. The maximum absolute atomic E-state index is 12.1. The lowest BCUT2D eigenvalue weighted by Crippen LogP contribution is -2.08.